The molecule has 0 aliphatic heterocycles. The standard InChI is InChI=1S/C14H20N4O2/c1-14(2,3)12-10(7-18(4)17-12)13-15-9(8-20-5)6-11(19)16-13/h6-7H,8H2,1-5H3,(H,15,16,19). The Morgan fingerprint density at radius 1 is 1.40 bits per heavy atom. The van der Waals surface area contributed by atoms with Crippen LogP contribution in [-0.4, -0.2) is 26.9 Å². The predicted molar refractivity (Wildman–Crippen MR) is 76.5 cm³/mol. The summed E-state index contributed by atoms with van der Waals surface area (Å²) in [6, 6.07) is 1.44. The van der Waals surface area contributed by atoms with Gasteiger partial charge in [0.2, 0.25) is 0 Å². The number of hydrogen-bond acceptors (Lipinski definition) is 4. The predicted octanol–water partition coefficient (Wildman–Crippen LogP) is 1.61. The summed E-state index contributed by atoms with van der Waals surface area (Å²) in [5.41, 5.74) is 2.03. The summed E-state index contributed by atoms with van der Waals surface area (Å²) in [5, 5.41) is 4.49. The molecule has 0 amide bonds. The second-order valence-corrected chi connectivity index (χ2v) is 5.83. The molecule has 0 spiro atoms. The van der Waals surface area contributed by atoms with Crippen molar-refractivity contribution >= 4 is 0 Å². The zero-order chi connectivity index (χ0) is 14.9. The molecule has 6 nitrogen and oxygen atoms in total. The Morgan fingerprint density at radius 3 is 2.70 bits per heavy atom. The van der Waals surface area contributed by atoms with Crippen LogP contribution < -0.4 is 5.56 Å². The number of nitrogens with zero attached hydrogens (tertiary/aromatic N) is 3. The van der Waals surface area contributed by atoms with Crippen LogP contribution in [0, 0.1) is 0 Å². The van der Waals surface area contributed by atoms with E-state index in [1.54, 1.807) is 11.8 Å². The summed E-state index contributed by atoms with van der Waals surface area (Å²) in [5.74, 6) is 0.530. The molecule has 0 saturated carbocycles. The average molecular weight is 276 g/mol. The molecule has 2 rings (SSSR count). The molecule has 0 aromatic carbocycles. The molecule has 0 aliphatic rings. The van der Waals surface area contributed by atoms with Gasteiger partial charge < -0.3 is 9.72 Å². The number of aryl methyl sites for hydroxylation is 1. The third-order valence-corrected chi connectivity index (χ3v) is 2.88. The Labute approximate surface area is 117 Å². The molecule has 2 heterocycles. The van der Waals surface area contributed by atoms with Crippen LogP contribution in [0.3, 0.4) is 0 Å². The number of aromatic amines is 1. The Morgan fingerprint density at radius 2 is 2.10 bits per heavy atom. The second-order valence-electron chi connectivity index (χ2n) is 5.83. The van der Waals surface area contributed by atoms with Crippen LogP contribution >= 0.6 is 0 Å². The van der Waals surface area contributed by atoms with Crippen molar-refractivity contribution in [2.45, 2.75) is 32.8 Å². The van der Waals surface area contributed by atoms with Gasteiger partial charge in [-0.25, -0.2) is 4.98 Å². The largest absolute Gasteiger partial charge is 0.378 e. The number of hydrogen-bond donors (Lipinski definition) is 1. The summed E-state index contributed by atoms with van der Waals surface area (Å²) < 4.78 is 6.78. The topological polar surface area (TPSA) is 72.8 Å². The van der Waals surface area contributed by atoms with Crippen LogP contribution in [-0.2, 0) is 23.8 Å². The summed E-state index contributed by atoms with van der Waals surface area (Å²) in [6.07, 6.45) is 1.87. The molecule has 0 bridgehead atoms. The molecule has 0 radical (unpaired) electrons. The van der Waals surface area contributed by atoms with Crippen LogP contribution in [0.4, 0.5) is 0 Å². The highest BCUT2D eigenvalue weighted by Crippen LogP contribution is 2.29. The van der Waals surface area contributed by atoms with Crippen LogP contribution in [0.25, 0.3) is 11.4 Å². The van der Waals surface area contributed by atoms with Crippen LogP contribution in [0.15, 0.2) is 17.1 Å². The Hall–Kier alpha value is -1.95. The Bertz CT molecular complexity index is 665. The zero-order valence-electron chi connectivity index (χ0n) is 12.5. The van der Waals surface area contributed by atoms with Gasteiger partial charge in [-0.1, -0.05) is 20.8 Å². The van der Waals surface area contributed by atoms with Crippen LogP contribution in [0.5, 0.6) is 0 Å². The molecule has 6 heteroatoms. The summed E-state index contributed by atoms with van der Waals surface area (Å²) >= 11 is 0. The first-order chi connectivity index (χ1) is 9.31. The highest BCUT2D eigenvalue weighted by atomic mass is 16.5. The van der Waals surface area contributed by atoms with E-state index in [9.17, 15) is 4.79 Å². The van der Waals surface area contributed by atoms with Crippen LogP contribution in [0.1, 0.15) is 32.2 Å². The van der Waals surface area contributed by atoms with Crippen molar-refractivity contribution in [3.63, 3.8) is 0 Å². The van der Waals surface area contributed by atoms with E-state index >= 15 is 0 Å². The molecule has 0 saturated heterocycles. The quantitative estimate of drug-likeness (QED) is 0.924. The average Bonchev–Trinajstić information content (AvgIpc) is 2.71. The van der Waals surface area contributed by atoms with Crippen molar-refractivity contribution in [1.82, 2.24) is 19.7 Å². The first kappa shape index (κ1) is 14.5. The fraction of sp³-hybridized carbons (Fsp3) is 0.500. The normalized spacial score (nSPS) is 11.8. The van der Waals surface area contributed by atoms with Crippen molar-refractivity contribution < 1.29 is 4.74 Å². The lowest BCUT2D eigenvalue weighted by Gasteiger charge is -2.17. The molecule has 0 fully saturated rings. The van der Waals surface area contributed by atoms with Gasteiger partial charge in [-0.2, -0.15) is 5.10 Å². The summed E-state index contributed by atoms with van der Waals surface area (Å²) in [6.45, 7) is 6.55. The molecule has 108 valence electrons. The maximum absolute atomic E-state index is 11.7. The maximum Gasteiger partial charge on any atom is 0.251 e. The zero-order valence-corrected chi connectivity index (χ0v) is 12.5. The van der Waals surface area contributed by atoms with E-state index in [1.165, 1.54) is 6.07 Å². The Kier molecular flexibility index (Phi) is 3.76. The second kappa shape index (κ2) is 5.20. The number of nitrogens with one attached hydrogen (secondary N) is 1. The molecule has 2 aromatic heterocycles. The lowest BCUT2D eigenvalue weighted by molar-refractivity contribution is 0.181. The maximum atomic E-state index is 11.7. The van der Waals surface area contributed by atoms with Gasteiger partial charge in [0.15, 0.2) is 0 Å². The Balaban J connectivity index is 2.60. The van der Waals surface area contributed by atoms with Crippen molar-refractivity contribution in [2.75, 3.05) is 7.11 Å². The fourth-order valence-corrected chi connectivity index (χ4v) is 2.07. The molecule has 1 N–H and O–H groups in total. The third kappa shape index (κ3) is 2.96. The molecule has 2 aromatic rings. The van der Waals surface area contributed by atoms with Gasteiger partial charge in [0.25, 0.3) is 5.56 Å². The smallest absolute Gasteiger partial charge is 0.251 e. The lowest BCUT2D eigenvalue weighted by Crippen LogP contribution is -2.16. The van der Waals surface area contributed by atoms with Gasteiger partial charge in [0.05, 0.1) is 23.6 Å². The van der Waals surface area contributed by atoms with Crippen molar-refractivity contribution in [2.24, 2.45) is 7.05 Å². The van der Waals surface area contributed by atoms with Crippen molar-refractivity contribution in [3.8, 4) is 11.4 Å². The molecule has 0 atom stereocenters. The minimum atomic E-state index is -0.189. The van der Waals surface area contributed by atoms with Crippen molar-refractivity contribution in [3.05, 3.63) is 34.0 Å². The number of H-pyrrole nitrogens is 1. The van der Waals surface area contributed by atoms with Gasteiger partial charge in [-0.15, -0.1) is 0 Å². The number of methoxy groups -OCH3 is 1. The fourth-order valence-electron chi connectivity index (χ4n) is 2.07. The first-order valence-corrected chi connectivity index (χ1v) is 6.45. The third-order valence-electron chi connectivity index (χ3n) is 2.88. The minimum absolute atomic E-state index is 0.133. The van der Waals surface area contributed by atoms with E-state index < -0.39 is 0 Å². The van der Waals surface area contributed by atoms with E-state index in [-0.39, 0.29) is 11.0 Å². The molecular formula is C14H20N4O2. The van der Waals surface area contributed by atoms with Gasteiger partial charge in [-0.05, 0) is 0 Å². The highest BCUT2D eigenvalue weighted by molar-refractivity contribution is 5.59. The minimum Gasteiger partial charge on any atom is -0.378 e. The van der Waals surface area contributed by atoms with Crippen LogP contribution in [0.2, 0.25) is 0 Å². The SMILES string of the molecule is COCc1cc(=O)[nH]c(-c2cn(C)nc2C(C)(C)C)n1. The van der Waals surface area contributed by atoms with Crippen molar-refractivity contribution in [1.29, 1.82) is 0 Å². The molecule has 0 aliphatic carbocycles. The lowest BCUT2D eigenvalue weighted by atomic mass is 9.89. The molecule has 20 heavy (non-hydrogen) atoms. The molecular weight excluding hydrogens is 256 g/mol. The van der Waals surface area contributed by atoms with Gasteiger partial charge in [-0.3, -0.25) is 9.48 Å². The van der Waals surface area contributed by atoms with E-state index in [4.69, 9.17) is 4.74 Å². The summed E-state index contributed by atoms with van der Waals surface area (Å²) in [4.78, 5) is 19.0. The van der Waals surface area contributed by atoms with Gasteiger partial charge >= 0.3 is 0 Å². The summed E-state index contributed by atoms with van der Waals surface area (Å²) in [7, 11) is 3.43. The first-order valence-electron chi connectivity index (χ1n) is 6.45. The van der Waals surface area contributed by atoms with Gasteiger partial charge in [0.1, 0.15) is 5.82 Å². The number of ether oxygens (including phenoxy) is 1. The number of aromatic nitrogens is 4. The van der Waals surface area contributed by atoms with Gasteiger partial charge in [0, 0.05) is 31.8 Å². The van der Waals surface area contributed by atoms with E-state index in [1.807, 2.05) is 13.2 Å². The number of rotatable bonds is 3. The van der Waals surface area contributed by atoms with E-state index in [0.29, 0.717) is 18.1 Å². The molecule has 0 unspecified atom stereocenters. The van der Waals surface area contributed by atoms with E-state index in [2.05, 4.69) is 35.8 Å². The highest BCUT2D eigenvalue weighted by Gasteiger charge is 2.24. The van der Waals surface area contributed by atoms with E-state index in [0.717, 1.165) is 11.3 Å². The monoisotopic (exact) mass is 276 g/mol.